The minimum atomic E-state index is -0.332. The van der Waals surface area contributed by atoms with E-state index in [-0.39, 0.29) is 5.24 Å². The maximum atomic E-state index is 10.6. The number of hydrogen-bond acceptors (Lipinski definition) is 1. The molecule has 1 aromatic rings. The van der Waals surface area contributed by atoms with Gasteiger partial charge in [0.05, 0.1) is 0 Å². The SMILES string of the molecule is CCC(C)c1ccc(NC(=O)S)cc1. The molecule has 0 aromatic heterocycles. The summed E-state index contributed by atoms with van der Waals surface area (Å²) in [4.78, 5) is 10.6. The quantitative estimate of drug-likeness (QED) is 0.731. The van der Waals surface area contributed by atoms with Crippen molar-refractivity contribution in [1.82, 2.24) is 0 Å². The molecule has 1 atom stereocenters. The van der Waals surface area contributed by atoms with Crippen LogP contribution < -0.4 is 5.32 Å². The second-order valence-electron chi connectivity index (χ2n) is 3.36. The normalized spacial score (nSPS) is 12.2. The summed E-state index contributed by atoms with van der Waals surface area (Å²) in [7, 11) is 0. The second kappa shape index (κ2) is 5.05. The Balaban J connectivity index is 2.73. The number of hydrogen-bond donors (Lipinski definition) is 2. The molecule has 0 spiro atoms. The van der Waals surface area contributed by atoms with Gasteiger partial charge >= 0.3 is 0 Å². The van der Waals surface area contributed by atoms with E-state index in [1.807, 2.05) is 24.3 Å². The van der Waals surface area contributed by atoms with Crippen molar-refractivity contribution in [2.75, 3.05) is 5.32 Å². The van der Waals surface area contributed by atoms with Crippen LogP contribution in [0.15, 0.2) is 24.3 Å². The summed E-state index contributed by atoms with van der Waals surface area (Å²) in [5.74, 6) is 0.566. The molecule has 0 saturated heterocycles. The standard InChI is InChI=1S/C11H15NOS/c1-3-8(2)9-4-6-10(7-5-9)12-11(13)14/h4-8H,3H2,1-2H3,(H2,12,13,14). The number of rotatable bonds is 3. The lowest BCUT2D eigenvalue weighted by atomic mass is 9.99. The monoisotopic (exact) mass is 209 g/mol. The van der Waals surface area contributed by atoms with Crippen molar-refractivity contribution in [3.05, 3.63) is 29.8 Å². The van der Waals surface area contributed by atoms with Gasteiger partial charge in [-0.3, -0.25) is 4.79 Å². The zero-order chi connectivity index (χ0) is 10.6. The fourth-order valence-corrected chi connectivity index (χ4v) is 1.38. The number of carbonyl (C=O) groups excluding carboxylic acids is 1. The molecule has 1 unspecified atom stereocenters. The Kier molecular flexibility index (Phi) is 4.01. The highest BCUT2D eigenvalue weighted by atomic mass is 32.1. The van der Waals surface area contributed by atoms with Crippen LogP contribution >= 0.6 is 12.6 Å². The zero-order valence-electron chi connectivity index (χ0n) is 8.45. The molecule has 0 bridgehead atoms. The first-order valence-corrected chi connectivity index (χ1v) is 5.18. The highest BCUT2D eigenvalue weighted by molar-refractivity contribution is 7.96. The van der Waals surface area contributed by atoms with E-state index < -0.39 is 0 Å². The van der Waals surface area contributed by atoms with E-state index in [4.69, 9.17) is 0 Å². The van der Waals surface area contributed by atoms with Crippen LogP contribution in [0.1, 0.15) is 31.7 Å². The lowest BCUT2D eigenvalue weighted by Crippen LogP contribution is -2.01. The third-order valence-corrected chi connectivity index (χ3v) is 2.46. The topological polar surface area (TPSA) is 29.1 Å². The van der Waals surface area contributed by atoms with Gasteiger partial charge in [0.15, 0.2) is 0 Å². The highest BCUT2D eigenvalue weighted by Crippen LogP contribution is 2.20. The molecule has 1 rings (SSSR count). The number of carbonyl (C=O) groups is 1. The predicted molar refractivity (Wildman–Crippen MR) is 63.2 cm³/mol. The van der Waals surface area contributed by atoms with Crippen molar-refractivity contribution >= 4 is 23.6 Å². The molecule has 1 N–H and O–H groups in total. The van der Waals surface area contributed by atoms with E-state index >= 15 is 0 Å². The largest absolute Gasteiger partial charge is 0.317 e. The third-order valence-electron chi connectivity index (χ3n) is 2.34. The highest BCUT2D eigenvalue weighted by Gasteiger charge is 2.02. The molecular weight excluding hydrogens is 194 g/mol. The minimum Gasteiger partial charge on any atom is -0.317 e. The first-order chi connectivity index (χ1) is 6.63. The van der Waals surface area contributed by atoms with E-state index in [0.717, 1.165) is 12.1 Å². The summed E-state index contributed by atoms with van der Waals surface area (Å²) in [6.45, 7) is 4.35. The van der Waals surface area contributed by atoms with Gasteiger partial charge in [-0.1, -0.05) is 38.6 Å². The van der Waals surface area contributed by atoms with Gasteiger partial charge in [-0.2, -0.15) is 0 Å². The van der Waals surface area contributed by atoms with E-state index in [2.05, 4.69) is 31.8 Å². The van der Waals surface area contributed by atoms with Gasteiger partial charge in [0.1, 0.15) is 0 Å². The number of amides is 1. The molecule has 2 nitrogen and oxygen atoms in total. The Morgan fingerprint density at radius 2 is 2.00 bits per heavy atom. The zero-order valence-corrected chi connectivity index (χ0v) is 9.34. The Morgan fingerprint density at radius 3 is 2.43 bits per heavy atom. The minimum absolute atomic E-state index is 0.332. The van der Waals surface area contributed by atoms with Crippen LogP contribution in [0.4, 0.5) is 10.5 Å². The van der Waals surface area contributed by atoms with Crippen molar-refractivity contribution in [3.8, 4) is 0 Å². The Morgan fingerprint density at radius 1 is 1.43 bits per heavy atom. The van der Waals surface area contributed by atoms with Crippen LogP contribution in [0.5, 0.6) is 0 Å². The molecule has 0 radical (unpaired) electrons. The maximum Gasteiger partial charge on any atom is 0.280 e. The van der Waals surface area contributed by atoms with E-state index in [9.17, 15) is 4.79 Å². The molecule has 0 aliphatic heterocycles. The van der Waals surface area contributed by atoms with Gasteiger partial charge in [0, 0.05) is 5.69 Å². The summed E-state index contributed by atoms with van der Waals surface area (Å²) in [5, 5.41) is 2.28. The molecular formula is C11H15NOS. The average Bonchev–Trinajstić information content (AvgIpc) is 2.17. The Labute approximate surface area is 90.1 Å². The molecule has 0 aliphatic rings. The van der Waals surface area contributed by atoms with Crippen molar-refractivity contribution in [2.24, 2.45) is 0 Å². The summed E-state index contributed by atoms with van der Waals surface area (Å²) in [6.07, 6.45) is 1.12. The van der Waals surface area contributed by atoms with E-state index in [0.29, 0.717) is 5.92 Å². The van der Waals surface area contributed by atoms with Crippen molar-refractivity contribution in [1.29, 1.82) is 0 Å². The summed E-state index contributed by atoms with van der Waals surface area (Å²) < 4.78 is 0. The van der Waals surface area contributed by atoms with Crippen LogP contribution in [0.2, 0.25) is 0 Å². The van der Waals surface area contributed by atoms with Gasteiger partial charge in [-0.05, 0) is 30.0 Å². The van der Waals surface area contributed by atoms with Gasteiger partial charge < -0.3 is 5.32 Å². The number of benzene rings is 1. The lowest BCUT2D eigenvalue weighted by molar-refractivity contribution is 0.270. The molecule has 14 heavy (non-hydrogen) atoms. The van der Waals surface area contributed by atoms with Gasteiger partial charge in [0.25, 0.3) is 5.24 Å². The van der Waals surface area contributed by atoms with Crippen molar-refractivity contribution in [3.63, 3.8) is 0 Å². The van der Waals surface area contributed by atoms with Crippen LogP contribution in [0.3, 0.4) is 0 Å². The average molecular weight is 209 g/mol. The van der Waals surface area contributed by atoms with E-state index in [1.165, 1.54) is 5.56 Å². The molecule has 3 heteroatoms. The van der Waals surface area contributed by atoms with Crippen LogP contribution in [-0.2, 0) is 0 Å². The molecule has 1 amide bonds. The smallest absolute Gasteiger partial charge is 0.280 e. The number of anilines is 1. The molecule has 0 fully saturated rings. The second-order valence-corrected chi connectivity index (χ2v) is 3.77. The Hall–Kier alpha value is -0.960. The van der Waals surface area contributed by atoms with Crippen molar-refractivity contribution < 1.29 is 4.79 Å². The number of nitrogens with one attached hydrogen (secondary N) is 1. The summed E-state index contributed by atoms with van der Waals surface area (Å²) in [5.41, 5.74) is 2.08. The molecule has 1 aromatic carbocycles. The van der Waals surface area contributed by atoms with Crippen molar-refractivity contribution in [2.45, 2.75) is 26.2 Å². The third kappa shape index (κ3) is 3.07. The number of thiol groups is 1. The molecule has 0 heterocycles. The van der Waals surface area contributed by atoms with Crippen LogP contribution in [-0.4, -0.2) is 5.24 Å². The predicted octanol–water partition coefficient (Wildman–Crippen LogP) is 3.66. The first kappa shape index (κ1) is 11.1. The summed E-state index contributed by atoms with van der Waals surface area (Å²) in [6, 6.07) is 7.87. The maximum absolute atomic E-state index is 10.6. The first-order valence-electron chi connectivity index (χ1n) is 4.73. The molecule has 0 aliphatic carbocycles. The van der Waals surface area contributed by atoms with Gasteiger partial charge in [0.2, 0.25) is 0 Å². The fraction of sp³-hybridized carbons (Fsp3) is 0.364. The van der Waals surface area contributed by atoms with Crippen LogP contribution in [0.25, 0.3) is 0 Å². The van der Waals surface area contributed by atoms with E-state index in [1.54, 1.807) is 0 Å². The van der Waals surface area contributed by atoms with Gasteiger partial charge in [-0.15, -0.1) is 0 Å². The van der Waals surface area contributed by atoms with Crippen LogP contribution in [0, 0.1) is 0 Å². The fourth-order valence-electron chi connectivity index (χ4n) is 1.25. The lowest BCUT2D eigenvalue weighted by Gasteiger charge is -2.09. The summed E-state index contributed by atoms with van der Waals surface area (Å²) >= 11 is 3.64. The van der Waals surface area contributed by atoms with Gasteiger partial charge in [-0.25, -0.2) is 0 Å². The Bertz CT molecular complexity index is 308. The molecule has 76 valence electrons. The molecule has 0 saturated carbocycles.